The largest absolute Gasteiger partial charge is 0.496 e. The highest BCUT2D eigenvalue weighted by Gasteiger charge is 2.29. The van der Waals surface area contributed by atoms with Gasteiger partial charge in [0.2, 0.25) is 11.8 Å². The molecule has 1 aliphatic rings. The summed E-state index contributed by atoms with van der Waals surface area (Å²) in [5, 5.41) is 3.00. The first kappa shape index (κ1) is 19.9. The summed E-state index contributed by atoms with van der Waals surface area (Å²) in [6, 6.07) is 17.9. The number of carbonyl (C=O) groups is 2. The van der Waals surface area contributed by atoms with E-state index in [0.29, 0.717) is 32.5 Å². The Balaban J connectivity index is 1.48. The van der Waals surface area contributed by atoms with Gasteiger partial charge in [0, 0.05) is 31.6 Å². The highest BCUT2D eigenvalue weighted by Crippen LogP contribution is 2.20. The molecule has 2 aromatic rings. The summed E-state index contributed by atoms with van der Waals surface area (Å²) in [6.07, 6.45) is 2.91. The zero-order chi connectivity index (χ0) is 19.8. The highest BCUT2D eigenvalue weighted by atomic mass is 16.5. The number of ether oxygens (including phenoxy) is 1. The van der Waals surface area contributed by atoms with Crippen LogP contribution in [0.1, 0.15) is 30.4 Å². The van der Waals surface area contributed by atoms with Crippen molar-refractivity contribution in [2.24, 2.45) is 5.92 Å². The summed E-state index contributed by atoms with van der Waals surface area (Å²) in [7, 11) is 1.63. The van der Waals surface area contributed by atoms with Gasteiger partial charge in [-0.05, 0) is 30.9 Å². The number of nitrogens with one attached hydrogen (secondary N) is 1. The molecule has 0 unspecified atom stereocenters. The van der Waals surface area contributed by atoms with Crippen LogP contribution in [0.3, 0.4) is 0 Å². The second kappa shape index (κ2) is 9.93. The SMILES string of the molecule is COc1ccccc1CNC(=O)[C@H]1CCC(=O)N(CCCc2ccccc2)C1. The van der Waals surface area contributed by atoms with E-state index in [2.05, 4.69) is 17.4 Å². The molecule has 5 heteroatoms. The van der Waals surface area contributed by atoms with E-state index in [9.17, 15) is 9.59 Å². The number of piperidine rings is 1. The van der Waals surface area contributed by atoms with Crippen molar-refractivity contribution < 1.29 is 14.3 Å². The first-order chi connectivity index (χ1) is 13.7. The second-order valence-electron chi connectivity index (χ2n) is 7.19. The molecule has 1 atom stereocenters. The Hall–Kier alpha value is -2.82. The third kappa shape index (κ3) is 5.35. The van der Waals surface area contributed by atoms with Crippen molar-refractivity contribution in [2.75, 3.05) is 20.2 Å². The fourth-order valence-electron chi connectivity index (χ4n) is 3.64. The van der Waals surface area contributed by atoms with Crippen LogP contribution in [-0.2, 0) is 22.6 Å². The van der Waals surface area contributed by atoms with Crippen molar-refractivity contribution in [1.29, 1.82) is 0 Å². The standard InChI is InChI=1S/C23H28N2O3/c1-28-21-12-6-5-11-19(21)16-24-23(27)20-13-14-22(26)25(17-20)15-7-10-18-8-3-2-4-9-18/h2-6,8-9,11-12,20H,7,10,13-17H2,1H3,(H,24,27)/t20-/m0/s1. The molecule has 0 saturated carbocycles. The Bertz CT molecular complexity index is 791. The number of hydrogen-bond donors (Lipinski definition) is 1. The first-order valence-corrected chi connectivity index (χ1v) is 9.88. The smallest absolute Gasteiger partial charge is 0.225 e. The zero-order valence-corrected chi connectivity index (χ0v) is 16.4. The van der Waals surface area contributed by atoms with Crippen molar-refractivity contribution in [3.8, 4) is 5.75 Å². The molecule has 0 aliphatic carbocycles. The van der Waals surface area contributed by atoms with Crippen LogP contribution in [0.15, 0.2) is 54.6 Å². The average Bonchev–Trinajstić information content (AvgIpc) is 2.74. The fourth-order valence-corrected chi connectivity index (χ4v) is 3.64. The lowest BCUT2D eigenvalue weighted by Crippen LogP contribution is -2.46. The normalized spacial score (nSPS) is 16.7. The third-order valence-electron chi connectivity index (χ3n) is 5.25. The van der Waals surface area contributed by atoms with E-state index in [1.807, 2.05) is 47.4 Å². The van der Waals surface area contributed by atoms with Crippen molar-refractivity contribution in [1.82, 2.24) is 10.2 Å². The zero-order valence-electron chi connectivity index (χ0n) is 16.4. The maximum atomic E-state index is 12.6. The van der Waals surface area contributed by atoms with Crippen molar-refractivity contribution in [3.63, 3.8) is 0 Å². The molecule has 0 spiro atoms. The van der Waals surface area contributed by atoms with Gasteiger partial charge in [0.05, 0.1) is 13.0 Å². The van der Waals surface area contributed by atoms with Gasteiger partial charge in [0.15, 0.2) is 0 Å². The minimum absolute atomic E-state index is 0.00599. The molecule has 2 aromatic carbocycles. The lowest BCUT2D eigenvalue weighted by atomic mass is 9.96. The molecule has 0 bridgehead atoms. The third-order valence-corrected chi connectivity index (χ3v) is 5.25. The second-order valence-corrected chi connectivity index (χ2v) is 7.19. The maximum absolute atomic E-state index is 12.6. The quantitative estimate of drug-likeness (QED) is 0.765. The molecule has 1 N–H and O–H groups in total. The van der Waals surface area contributed by atoms with E-state index in [0.717, 1.165) is 24.2 Å². The molecule has 1 fully saturated rings. The van der Waals surface area contributed by atoms with Gasteiger partial charge in [-0.15, -0.1) is 0 Å². The molecule has 3 rings (SSSR count). The number of carbonyl (C=O) groups excluding carboxylic acids is 2. The molecule has 0 aromatic heterocycles. The lowest BCUT2D eigenvalue weighted by molar-refractivity contribution is -0.138. The Morgan fingerprint density at radius 2 is 1.89 bits per heavy atom. The van der Waals surface area contributed by atoms with E-state index in [1.165, 1.54) is 5.56 Å². The fraction of sp³-hybridized carbons (Fsp3) is 0.391. The lowest BCUT2D eigenvalue weighted by Gasteiger charge is -2.32. The number of hydrogen-bond acceptors (Lipinski definition) is 3. The van der Waals surface area contributed by atoms with Gasteiger partial charge in [-0.1, -0.05) is 48.5 Å². The summed E-state index contributed by atoms with van der Waals surface area (Å²) >= 11 is 0. The number of rotatable bonds is 8. The van der Waals surface area contributed by atoms with Gasteiger partial charge in [-0.3, -0.25) is 9.59 Å². The van der Waals surface area contributed by atoms with E-state index in [-0.39, 0.29) is 17.7 Å². The van der Waals surface area contributed by atoms with Gasteiger partial charge < -0.3 is 15.0 Å². The summed E-state index contributed by atoms with van der Waals surface area (Å²) in [5.74, 6) is 0.779. The van der Waals surface area contributed by atoms with E-state index in [4.69, 9.17) is 4.74 Å². The van der Waals surface area contributed by atoms with E-state index in [1.54, 1.807) is 7.11 Å². The summed E-state index contributed by atoms with van der Waals surface area (Å²) in [5.41, 5.74) is 2.23. The van der Waals surface area contributed by atoms with Crippen LogP contribution in [0.2, 0.25) is 0 Å². The van der Waals surface area contributed by atoms with Gasteiger partial charge in [-0.25, -0.2) is 0 Å². The molecule has 28 heavy (non-hydrogen) atoms. The van der Waals surface area contributed by atoms with Crippen LogP contribution in [0, 0.1) is 5.92 Å². The Labute approximate surface area is 166 Å². The molecule has 0 radical (unpaired) electrons. The van der Waals surface area contributed by atoms with Crippen molar-refractivity contribution in [3.05, 3.63) is 65.7 Å². The van der Waals surface area contributed by atoms with E-state index < -0.39 is 0 Å². The highest BCUT2D eigenvalue weighted by molar-refractivity contribution is 5.83. The Kier molecular flexibility index (Phi) is 7.06. The van der Waals surface area contributed by atoms with Crippen LogP contribution in [0.25, 0.3) is 0 Å². The topological polar surface area (TPSA) is 58.6 Å². The monoisotopic (exact) mass is 380 g/mol. The van der Waals surface area contributed by atoms with Crippen LogP contribution >= 0.6 is 0 Å². The van der Waals surface area contributed by atoms with Gasteiger partial charge >= 0.3 is 0 Å². The molecule has 1 saturated heterocycles. The minimum Gasteiger partial charge on any atom is -0.496 e. The average molecular weight is 380 g/mol. The van der Waals surface area contributed by atoms with Crippen LogP contribution in [-0.4, -0.2) is 36.9 Å². The predicted molar refractivity (Wildman–Crippen MR) is 109 cm³/mol. The number of methoxy groups -OCH3 is 1. The van der Waals surface area contributed by atoms with Crippen molar-refractivity contribution >= 4 is 11.8 Å². The van der Waals surface area contributed by atoms with E-state index >= 15 is 0 Å². The van der Waals surface area contributed by atoms with Gasteiger partial charge in [-0.2, -0.15) is 0 Å². The molecule has 1 aliphatic heterocycles. The number of nitrogens with zero attached hydrogens (tertiary/aromatic N) is 1. The first-order valence-electron chi connectivity index (χ1n) is 9.88. The summed E-state index contributed by atoms with van der Waals surface area (Å²) in [6.45, 7) is 1.64. The van der Waals surface area contributed by atoms with Crippen LogP contribution < -0.4 is 10.1 Å². The van der Waals surface area contributed by atoms with Gasteiger partial charge in [0.1, 0.15) is 5.75 Å². The van der Waals surface area contributed by atoms with Crippen LogP contribution in [0.4, 0.5) is 0 Å². The maximum Gasteiger partial charge on any atom is 0.225 e. The van der Waals surface area contributed by atoms with Crippen LogP contribution in [0.5, 0.6) is 5.75 Å². The van der Waals surface area contributed by atoms with Crippen molar-refractivity contribution in [2.45, 2.75) is 32.2 Å². The minimum atomic E-state index is -0.149. The number of amides is 2. The number of para-hydroxylation sites is 1. The summed E-state index contributed by atoms with van der Waals surface area (Å²) < 4.78 is 5.33. The predicted octanol–water partition coefficient (Wildman–Crippen LogP) is 3.18. The molecule has 1 heterocycles. The molecular formula is C23H28N2O3. The number of aryl methyl sites for hydroxylation is 1. The molecule has 2 amide bonds. The Morgan fingerprint density at radius 3 is 2.68 bits per heavy atom. The molecule has 148 valence electrons. The molecule has 5 nitrogen and oxygen atoms in total. The summed E-state index contributed by atoms with van der Waals surface area (Å²) in [4.78, 5) is 26.7. The molecular weight excluding hydrogens is 352 g/mol. The van der Waals surface area contributed by atoms with Gasteiger partial charge in [0.25, 0.3) is 0 Å². The Morgan fingerprint density at radius 1 is 1.14 bits per heavy atom. The number of benzene rings is 2. The number of likely N-dealkylation sites (tertiary alicyclic amines) is 1.